The number of hydrogen-bond donors (Lipinski definition) is 3. The molecular weight excluding hydrogens is 260 g/mol. The molecule has 1 aromatic rings. The molecule has 0 aliphatic heterocycles. The summed E-state index contributed by atoms with van der Waals surface area (Å²) >= 11 is 0. The predicted molar refractivity (Wildman–Crippen MR) is 73.9 cm³/mol. The van der Waals surface area contributed by atoms with E-state index in [0.29, 0.717) is 19.3 Å². The van der Waals surface area contributed by atoms with Gasteiger partial charge in [-0.3, -0.25) is 9.59 Å². The summed E-state index contributed by atoms with van der Waals surface area (Å²) in [7, 11) is 0. The highest BCUT2D eigenvalue weighted by atomic mass is 16.4. The average molecular weight is 280 g/mol. The molecule has 0 spiro atoms. The first-order valence-electron chi connectivity index (χ1n) is 6.73. The Morgan fingerprint density at radius 3 is 2.20 bits per heavy atom. The van der Waals surface area contributed by atoms with Crippen LogP contribution in [-0.2, 0) is 22.4 Å². The van der Waals surface area contributed by atoms with Crippen molar-refractivity contribution < 1.29 is 24.9 Å². The Hall–Kier alpha value is -2.04. The standard InChI is InChI=1S/C15H20O5/c16-13-9-8-11(4-1-2-6-14(17)18)10-12(13)5-3-7-15(19)20/h8-10,16H,1-7H2,(H,17,18)(H,19,20). The summed E-state index contributed by atoms with van der Waals surface area (Å²) in [5, 5.41) is 26.9. The number of carbonyl (C=O) groups is 2. The van der Waals surface area contributed by atoms with Crippen molar-refractivity contribution in [2.45, 2.75) is 44.9 Å². The monoisotopic (exact) mass is 280 g/mol. The van der Waals surface area contributed by atoms with E-state index in [4.69, 9.17) is 10.2 Å². The minimum absolute atomic E-state index is 0.0856. The van der Waals surface area contributed by atoms with E-state index in [9.17, 15) is 14.7 Å². The van der Waals surface area contributed by atoms with Gasteiger partial charge >= 0.3 is 11.9 Å². The minimum Gasteiger partial charge on any atom is -0.508 e. The first kappa shape index (κ1) is 16.0. The number of aliphatic carboxylic acids is 2. The zero-order chi connectivity index (χ0) is 15.0. The highest BCUT2D eigenvalue weighted by Crippen LogP contribution is 2.21. The van der Waals surface area contributed by atoms with Crippen LogP contribution in [0.15, 0.2) is 18.2 Å². The minimum atomic E-state index is -0.839. The molecule has 1 aromatic carbocycles. The molecule has 0 bridgehead atoms. The second-order valence-corrected chi connectivity index (χ2v) is 4.81. The van der Waals surface area contributed by atoms with Gasteiger partial charge in [-0.15, -0.1) is 0 Å². The number of unbranched alkanes of at least 4 members (excludes halogenated alkanes) is 1. The smallest absolute Gasteiger partial charge is 0.303 e. The van der Waals surface area contributed by atoms with Gasteiger partial charge in [-0.1, -0.05) is 12.1 Å². The van der Waals surface area contributed by atoms with Gasteiger partial charge in [-0.05, 0) is 49.3 Å². The number of carboxylic acids is 2. The van der Waals surface area contributed by atoms with Crippen molar-refractivity contribution in [3.8, 4) is 5.75 Å². The quantitative estimate of drug-likeness (QED) is 0.604. The van der Waals surface area contributed by atoms with Crippen LogP contribution in [0.5, 0.6) is 5.75 Å². The van der Waals surface area contributed by atoms with Crippen molar-refractivity contribution in [1.29, 1.82) is 0 Å². The second kappa shape index (κ2) is 8.19. The molecule has 0 saturated heterocycles. The molecule has 0 aliphatic carbocycles. The molecule has 1 rings (SSSR count). The normalized spacial score (nSPS) is 10.4. The molecule has 0 saturated carbocycles. The zero-order valence-corrected chi connectivity index (χ0v) is 11.3. The van der Waals surface area contributed by atoms with Crippen LogP contribution < -0.4 is 0 Å². The van der Waals surface area contributed by atoms with E-state index >= 15 is 0 Å². The summed E-state index contributed by atoms with van der Waals surface area (Å²) in [4.78, 5) is 20.9. The molecule has 0 heterocycles. The van der Waals surface area contributed by atoms with Crippen molar-refractivity contribution in [2.24, 2.45) is 0 Å². The van der Waals surface area contributed by atoms with E-state index in [-0.39, 0.29) is 18.6 Å². The van der Waals surface area contributed by atoms with Crippen molar-refractivity contribution in [3.63, 3.8) is 0 Å². The maximum atomic E-state index is 10.5. The number of rotatable bonds is 9. The van der Waals surface area contributed by atoms with Crippen molar-refractivity contribution in [3.05, 3.63) is 29.3 Å². The SMILES string of the molecule is O=C(O)CCCCc1ccc(O)c(CCCC(=O)O)c1. The van der Waals surface area contributed by atoms with E-state index < -0.39 is 11.9 Å². The molecule has 110 valence electrons. The molecule has 0 amide bonds. The Bertz CT molecular complexity index is 467. The summed E-state index contributed by atoms with van der Waals surface area (Å²) in [5.74, 6) is -1.44. The third-order valence-corrected chi connectivity index (χ3v) is 3.09. The van der Waals surface area contributed by atoms with E-state index in [0.717, 1.165) is 24.0 Å². The van der Waals surface area contributed by atoms with Gasteiger partial charge in [0, 0.05) is 12.8 Å². The molecule has 0 fully saturated rings. The van der Waals surface area contributed by atoms with Crippen LogP contribution >= 0.6 is 0 Å². The van der Waals surface area contributed by atoms with Gasteiger partial charge in [0.25, 0.3) is 0 Å². The molecule has 0 aliphatic rings. The summed E-state index contributed by atoms with van der Waals surface area (Å²) in [6.45, 7) is 0. The lowest BCUT2D eigenvalue weighted by molar-refractivity contribution is -0.138. The summed E-state index contributed by atoms with van der Waals surface area (Å²) < 4.78 is 0. The van der Waals surface area contributed by atoms with Gasteiger partial charge in [0.15, 0.2) is 0 Å². The Morgan fingerprint density at radius 2 is 1.55 bits per heavy atom. The van der Waals surface area contributed by atoms with Crippen LogP contribution in [0.2, 0.25) is 0 Å². The van der Waals surface area contributed by atoms with Crippen LogP contribution in [0.3, 0.4) is 0 Å². The first-order chi connectivity index (χ1) is 9.49. The van der Waals surface area contributed by atoms with Gasteiger partial charge in [0.1, 0.15) is 5.75 Å². The molecule has 5 nitrogen and oxygen atoms in total. The third-order valence-electron chi connectivity index (χ3n) is 3.09. The maximum Gasteiger partial charge on any atom is 0.303 e. The summed E-state index contributed by atoms with van der Waals surface area (Å²) in [6.07, 6.45) is 3.45. The van der Waals surface area contributed by atoms with Crippen molar-refractivity contribution in [2.75, 3.05) is 0 Å². The average Bonchev–Trinajstić information content (AvgIpc) is 2.37. The summed E-state index contributed by atoms with van der Waals surface area (Å²) in [6, 6.07) is 5.30. The van der Waals surface area contributed by atoms with Gasteiger partial charge in [0.2, 0.25) is 0 Å². The fourth-order valence-electron chi connectivity index (χ4n) is 2.03. The van der Waals surface area contributed by atoms with Crippen LogP contribution in [0.4, 0.5) is 0 Å². The van der Waals surface area contributed by atoms with Gasteiger partial charge < -0.3 is 15.3 Å². The zero-order valence-electron chi connectivity index (χ0n) is 11.3. The van der Waals surface area contributed by atoms with Crippen molar-refractivity contribution in [1.82, 2.24) is 0 Å². The first-order valence-corrected chi connectivity index (χ1v) is 6.73. The molecular formula is C15H20O5. The lowest BCUT2D eigenvalue weighted by Crippen LogP contribution is -1.97. The van der Waals surface area contributed by atoms with Crippen LogP contribution in [0.1, 0.15) is 43.2 Å². The highest BCUT2D eigenvalue weighted by Gasteiger charge is 2.05. The van der Waals surface area contributed by atoms with Crippen LogP contribution in [-0.4, -0.2) is 27.3 Å². The summed E-state index contributed by atoms with van der Waals surface area (Å²) in [5.41, 5.74) is 1.79. The van der Waals surface area contributed by atoms with Gasteiger partial charge in [0.05, 0.1) is 0 Å². The van der Waals surface area contributed by atoms with E-state index in [1.54, 1.807) is 6.07 Å². The molecule has 20 heavy (non-hydrogen) atoms. The largest absolute Gasteiger partial charge is 0.508 e. The van der Waals surface area contributed by atoms with Crippen LogP contribution in [0, 0.1) is 0 Å². The number of aromatic hydroxyl groups is 1. The highest BCUT2D eigenvalue weighted by molar-refractivity contribution is 5.66. The fraction of sp³-hybridized carbons (Fsp3) is 0.467. The Labute approximate surface area is 117 Å². The molecule has 5 heteroatoms. The number of phenolic OH excluding ortho intramolecular Hbond substituents is 1. The van der Waals surface area contributed by atoms with E-state index in [2.05, 4.69) is 0 Å². The molecule has 0 unspecified atom stereocenters. The van der Waals surface area contributed by atoms with Crippen LogP contribution in [0.25, 0.3) is 0 Å². The number of hydrogen-bond acceptors (Lipinski definition) is 3. The Kier molecular flexibility index (Phi) is 6.56. The number of carboxylic acid groups (broad SMARTS) is 2. The topological polar surface area (TPSA) is 94.8 Å². The number of aryl methyl sites for hydroxylation is 2. The number of phenols is 1. The fourth-order valence-corrected chi connectivity index (χ4v) is 2.03. The van der Waals surface area contributed by atoms with Crippen molar-refractivity contribution >= 4 is 11.9 Å². The van der Waals surface area contributed by atoms with E-state index in [1.807, 2.05) is 12.1 Å². The second-order valence-electron chi connectivity index (χ2n) is 4.81. The van der Waals surface area contributed by atoms with Gasteiger partial charge in [-0.2, -0.15) is 0 Å². The third kappa shape index (κ3) is 6.22. The molecule has 0 radical (unpaired) electrons. The van der Waals surface area contributed by atoms with E-state index in [1.165, 1.54) is 0 Å². The molecule has 0 atom stereocenters. The number of benzene rings is 1. The Morgan fingerprint density at radius 1 is 0.900 bits per heavy atom. The molecule has 0 aromatic heterocycles. The van der Waals surface area contributed by atoms with Gasteiger partial charge in [-0.25, -0.2) is 0 Å². The predicted octanol–water partition coefficient (Wildman–Crippen LogP) is 2.60. The maximum absolute atomic E-state index is 10.5. The molecule has 3 N–H and O–H groups in total. The lowest BCUT2D eigenvalue weighted by Gasteiger charge is -2.07. The lowest BCUT2D eigenvalue weighted by atomic mass is 10.0. The Balaban J connectivity index is 2.48.